The molecular formula is C13H26N4OS. The normalized spacial score (nSPS) is 19.6. The Morgan fingerprint density at radius 3 is 2.95 bits per heavy atom. The number of aliphatic imine (C=N–C) groups is 1. The van der Waals surface area contributed by atoms with Crippen molar-refractivity contribution in [3.63, 3.8) is 0 Å². The van der Waals surface area contributed by atoms with Gasteiger partial charge in [-0.3, -0.25) is 9.79 Å². The van der Waals surface area contributed by atoms with Gasteiger partial charge in [0.25, 0.3) is 0 Å². The first kappa shape index (κ1) is 16.1. The van der Waals surface area contributed by atoms with Gasteiger partial charge >= 0.3 is 0 Å². The third kappa shape index (κ3) is 5.72. The summed E-state index contributed by atoms with van der Waals surface area (Å²) in [5.41, 5.74) is 0. The van der Waals surface area contributed by atoms with Gasteiger partial charge in [-0.25, -0.2) is 0 Å². The maximum Gasteiger partial charge on any atom is 0.222 e. The highest BCUT2D eigenvalue weighted by atomic mass is 32.2. The number of carbonyl (C=O) groups excluding carboxylic acids is 1. The molecular weight excluding hydrogens is 260 g/mol. The molecule has 1 amide bonds. The van der Waals surface area contributed by atoms with Crippen molar-refractivity contribution in [3.05, 3.63) is 0 Å². The van der Waals surface area contributed by atoms with Crippen LogP contribution in [-0.2, 0) is 4.79 Å². The van der Waals surface area contributed by atoms with Crippen molar-refractivity contribution >= 4 is 23.6 Å². The molecule has 2 N–H and O–H groups in total. The summed E-state index contributed by atoms with van der Waals surface area (Å²) < 4.78 is 0. The summed E-state index contributed by atoms with van der Waals surface area (Å²) in [6, 6.07) is 0.322. The molecule has 1 atom stereocenters. The molecule has 0 saturated carbocycles. The van der Waals surface area contributed by atoms with Crippen LogP contribution in [0.3, 0.4) is 0 Å². The number of carbonyl (C=O) groups is 1. The van der Waals surface area contributed by atoms with Crippen LogP contribution in [0.15, 0.2) is 4.99 Å². The summed E-state index contributed by atoms with van der Waals surface area (Å²) in [4.78, 5) is 17.8. The molecule has 1 heterocycles. The van der Waals surface area contributed by atoms with Crippen molar-refractivity contribution in [3.8, 4) is 0 Å². The van der Waals surface area contributed by atoms with Gasteiger partial charge in [-0.15, -0.1) is 0 Å². The number of rotatable bonds is 6. The molecule has 19 heavy (non-hydrogen) atoms. The molecule has 110 valence electrons. The van der Waals surface area contributed by atoms with Crippen LogP contribution in [0.1, 0.15) is 26.2 Å². The highest BCUT2D eigenvalue weighted by Gasteiger charge is 2.25. The summed E-state index contributed by atoms with van der Waals surface area (Å²) in [6.45, 7) is 4.49. The Morgan fingerprint density at radius 2 is 2.32 bits per heavy atom. The molecule has 1 aliphatic rings. The Hall–Kier alpha value is -0.910. The number of guanidine groups is 1. The van der Waals surface area contributed by atoms with Crippen LogP contribution in [0.25, 0.3) is 0 Å². The number of hydrogen-bond donors (Lipinski definition) is 2. The van der Waals surface area contributed by atoms with Crippen LogP contribution in [-0.4, -0.2) is 61.5 Å². The Labute approximate surface area is 120 Å². The number of nitrogens with zero attached hydrogens (tertiary/aromatic N) is 2. The first-order valence-electron chi connectivity index (χ1n) is 6.95. The monoisotopic (exact) mass is 286 g/mol. The second-order valence-electron chi connectivity index (χ2n) is 4.67. The van der Waals surface area contributed by atoms with Crippen LogP contribution in [0.5, 0.6) is 0 Å². The Balaban J connectivity index is 2.27. The van der Waals surface area contributed by atoms with Crippen molar-refractivity contribution in [1.82, 2.24) is 15.5 Å². The number of nitrogens with one attached hydrogen (secondary N) is 2. The maximum absolute atomic E-state index is 11.6. The van der Waals surface area contributed by atoms with Crippen molar-refractivity contribution in [2.75, 3.05) is 38.7 Å². The number of likely N-dealkylation sites (tertiary alicyclic amines) is 1. The summed E-state index contributed by atoms with van der Waals surface area (Å²) in [5.74, 6) is 2.25. The molecule has 1 aliphatic heterocycles. The fourth-order valence-corrected chi connectivity index (χ4v) is 2.57. The van der Waals surface area contributed by atoms with E-state index in [0.717, 1.165) is 44.2 Å². The zero-order chi connectivity index (χ0) is 14.1. The van der Waals surface area contributed by atoms with E-state index in [1.807, 2.05) is 23.6 Å². The van der Waals surface area contributed by atoms with Crippen molar-refractivity contribution in [2.24, 2.45) is 4.99 Å². The second-order valence-corrected chi connectivity index (χ2v) is 5.65. The van der Waals surface area contributed by atoms with Crippen molar-refractivity contribution in [1.29, 1.82) is 0 Å². The minimum atomic E-state index is 0.243. The molecule has 0 spiro atoms. The quantitative estimate of drug-likeness (QED) is 0.433. The van der Waals surface area contributed by atoms with Gasteiger partial charge in [0.05, 0.1) is 0 Å². The molecule has 0 radical (unpaired) electrons. The van der Waals surface area contributed by atoms with Crippen LogP contribution in [0.4, 0.5) is 0 Å². The van der Waals surface area contributed by atoms with E-state index in [0.29, 0.717) is 12.5 Å². The molecule has 6 heteroatoms. The highest BCUT2D eigenvalue weighted by Crippen LogP contribution is 2.10. The van der Waals surface area contributed by atoms with Crippen LogP contribution in [0.2, 0.25) is 0 Å². The molecule has 1 fully saturated rings. The third-order valence-corrected chi connectivity index (χ3v) is 3.92. The molecule has 1 unspecified atom stereocenters. The van der Waals surface area contributed by atoms with Crippen molar-refractivity contribution in [2.45, 2.75) is 32.2 Å². The average Bonchev–Trinajstić information content (AvgIpc) is 2.89. The molecule has 1 rings (SSSR count). The molecule has 0 aromatic heterocycles. The topological polar surface area (TPSA) is 56.7 Å². The fourth-order valence-electron chi connectivity index (χ4n) is 2.14. The molecule has 1 saturated heterocycles. The summed E-state index contributed by atoms with van der Waals surface area (Å²) in [7, 11) is 1.79. The van der Waals surface area contributed by atoms with E-state index in [-0.39, 0.29) is 5.91 Å². The van der Waals surface area contributed by atoms with E-state index < -0.39 is 0 Å². The number of hydrogen-bond acceptors (Lipinski definition) is 3. The van der Waals surface area contributed by atoms with E-state index in [1.54, 1.807) is 7.05 Å². The smallest absolute Gasteiger partial charge is 0.222 e. The molecule has 0 aliphatic carbocycles. The number of thioether (sulfide) groups is 1. The van der Waals surface area contributed by atoms with E-state index >= 15 is 0 Å². The van der Waals surface area contributed by atoms with Gasteiger partial charge in [0.2, 0.25) is 5.91 Å². The third-order valence-electron chi connectivity index (χ3n) is 3.23. The van der Waals surface area contributed by atoms with Gasteiger partial charge in [-0.05, 0) is 24.9 Å². The van der Waals surface area contributed by atoms with Gasteiger partial charge in [0.15, 0.2) is 5.96 Å². The largest absolute Gasteiger partial charge is 0.356 e. The predicted molar refractivity (Wildman–Crippen MR) is 82.8 cm³/mol. The lowest BCUT2D eigenvalue weighted by atomic mass is 10.3. The summed E-state index contributed by atoms with van der Waals surface area (Å²) >= 11 is 1.86. The van der Waals surface area contributed by atoms with E-state index in [1.165, 1.54) is 0 Å². The molecule has 5 nitrogen and oxygen atoms in total. The van der Waals surface area contributed by atoms with E-state index in [4.69, 9.17) is 0 Å². The first-order valence-corrected chi connectivity index (χ1v) is 8.34. The van der Waals surface area contributed by atoms with Crippen LogP contribution >= 0.6 is 11.8 Å². The van der Waals surface area contributed by atoms with Crippen molar-refractivity contribution < 1.29 is 4.79 Å². The van der Waals surface area contributed by atoms with E-state index in [9.17, 15) is 4.79 Å². The molecule has 0 aromatic rings. The Kier molecular flexibility index (Phi) is 7.70. The maximum atomic E-state index is 11.6. The minimum absolute atomic E-state index is 0.243. The Morgan fingerprint density at radius 1 is 1.53 bits per heavy atom. The molecule has 0 aromatic carbocycles. The zero-order valence-corrected chi connectivity index (χ0v) is 13.1. The van der Waals surface area contributed by atoms with Crippen LogP contribution in [0, 0.1) is 0 Å². The van der Waals surface area contributed by atoms with Gasteiger partial charge in [0.1, 0.15) is 0 Å². The van der Waals surface area contributed by atoms with Crippen LogP contribution < -0.4 is 10.6 Å². The van der Waals surface area contributed by atoms with Gasteiger partial charge in [-0.2, -0.15) is 11.8 Å². The standard InChI is InChI=1S/C13H26N4OS/c1-4-12(18)17-8-6-11(10-17)16-13(14-2)15-7-5-9-19-3/h11H,4-10H2,1-3H3,(H2,14,15,16). The van der Waals surface area contributed by atoms with Gasteiger partial charge in [-0.1, -0.05) is 6.92 Å². The zero-order valence-electron chi connectivity index (χ0n) is 12.2. The van der Waals surface area contributed by atoms with E-state index in [2.05, 4.69) is 21.9 Å². The lowest BCUT2D eigenvalue weighted by Gasteiger charge is -2.18. The lowest BCUT2D eigenvalue weighted by molar-refractivity contribution is -0.129. The first-order chi connectivity index (χ1) is 9.21. The SMILES string of the molecule is CCC(=O)N1CCC(NC(=NC)NCCCSC)C1. The fraction of sp³-hybridized carbons (Fsp3) is 0.846. The highest BCUT2D eigenvalue weighted by molar-refractivity contribution is 7.98. The lowest BCUT2D eigenvalue weighted by Crippen LogP contribution is -2.45. The predicted octanol–water partition coefficient (Wildman–Crippen LogP) is 0.915. The molecule has 0 bridgehead atoms. The Bertz CT molecular complexity index is 309. The van der Waals surface area contributed by atoms with Gasteiger partial charge in [0, 0.05) is 39.1 Å². The second kappa shape index (κ2) is 9.07. The summed E-state index contributed by atoms with van der Waals surface area (Å²) in [5, 5.41) is 6.70. The summed E-state index contributed by atoms with van der Waals surface area (Å²) in [6.07, 6.45) is 4.84. The average molecular weight is 286 g/mol. The minimum Gasteiger partial charge on any atom is -0.356 e. The van der Waals surface area contributed by atoms with Gasteiger partial charge < -0.3 is 15.5 Å². The number of amides is 1.